The highest BCUT2D eigenvalue weighted by Crippen LogP contribution is 2.38. The fourth-order valence-electron chi connectivity index (χ4n) is 4.42. The van der Waals surface area contributed by atoms with Crippen molar-refractivity contribution in [1.82, 2.24) is 14.4 Å². The largest absolute Gasteiger partial charge is 0.454 e. The van der Waals surface area contributed by atoms with Gasteiger partial charge in [0.1, 0.15) is 16.7 Å². The molecule has 0 saturated heterocycles. The Hall–Kier alpha value is -3.92. The number of fused-ring (bicyclic) bond motifs is 12. The van der Waals surface area contributed by atoms with Crippen molar-refractivity contribution in [3.05, 3.63) is 79.0 Å². The molecule has 0 aliphatic rings. The van der Waals surface area contributed by atoms with Gasteiger partial charge in [-0.05, 0) is 42.5 Å². The first kappa shape index (κ1) is 14.2. The summed E-state index contributed by atoms with van der Waals surface area (Å²) in [6.45, 7) is 0. The number of pyridine rings is 2. The minimum Gasteiger partial charge on any atom is -0.454 e. The van der Waals surface area contributed by atoms with Crippen molar-refractivity contribution in [3.63, 3.8) is 0 Å². The molecule has 0 saturated carbocycles. The van der Waals surface area contributed by atoms with E-state index in [9.17, 15) is 0 Å². The standard InChI is InChI=1S/C24H13N3O/c1-4-10-20-14(6-1)15-11-12-16-21-17(7-5-13-25-21)24-26-18-8-2-3-9-19(18)27(24)22(16)23(15)28-20/h1-13H. The first-order valence-electron chi connectivity index (χ1n) is 9.28. The SMILES string of the molecule is c1ccc2c(c1)nc1c3cccnc3c3ccc4c5ccccc5oc4c3n21. The number of imidazole rings is 1. The van der Waals surface area contributed by atoms with Crippen LogP contribution in [-0.2, 0) is 0 Å². The van der Waals surface area contributed by atoms with Gasteiger partial charge in [0.25, 0.3) is 0 Å². The Kier molecular flexibility index (Phi) is 2.46. The van der Waals surface area contributed by atoms with Gasteiger partial charge in [0.2, 0.25) is 0 Å². The summed E-state index contributed by atoms with van der Waals surface area (Å²) in [5.74, 6) is 0. The van der Waals surface area contributed by atoms with Gasteiger partial charge in [-0.2, -0.15) is 0 Å². The van der Waals surface area contributed by atoms with E-state index in [4.69, 9.17) is 14.4 Å². The summed E-state index contributed by atoms with van der Waals surface area (Å²) < 4.78 is 8.59. The van der Waals surface area contributed by atoms with Crippen molar-refractivity contribution in [2.24, 2.45) is 0 Å². The quantitative estimate of drug-likeness (QED) is 0.308. The molecule has 4 nitrogen and oxygen atoms in total. The van der Waals surface area contributed by atoms with Gasteiger partial charge >= 0.3 is 0 Å². The summed E-state index contributed by atoms with van der Waals surface area (Å²) in [6.07, 6.45) is 1.84. The van der Waals surface area contributed by atoms with E-state index in [-0.39, 0.29) is 0 Å². The van der Waals surface area contributed by atoms with Crippen LogP contribution < -0.4 is 0 Å². The molecular formula is C24H13N3O. The van der Waals surface area contributed by atoms with E-state index in [1.807, 2.05) is 36.5 Å². The molecule has 0 aliphatic carbocycles. The third-order valence-electron chi connectivity index (χ3n) is 5.61. The lowest BCUT2D eigenvalue weighted by molar-refractivity contribution is 0.671. The molecule has 0 fully saturated rings. The second-order valence-corrected chi connectivity index (χ2v) is 7.10. The summed E-state index contributed by atoms with van der Waals surface area (Å²) in [5, 5.41) is 4.34. The third kappa shape index (κ3) is 1.61. The van der Waals surface area contributed by atoms with Crippen LogP contribution in [0.2, 0.25) is 0 Å². The fraction of sp³-hybridized carbons (Fsp3) is 0. The van der Waals surface area contributed by atoms with Crippen LogP contribution in [-0.4, -0.2) is 14.4 Å². The summed E-state index contributed by atoms with van der Waals surface area (Å²) >= 11 is 0. The zero-order chi connectivity index (χ0) is 18.2. The van der Waals surface area contributed by atoms with Crippen molar-refractivity contribution < 1.29 is 4.42 Å². The van der Waals surface area contributed by atoms with Crippen molar-refractivity contribution in [2.75, 3.05) is 0 Å². The lowest BCUT2D eigenvalue weighted by Crippen LogP contribution is -1.93. The zero-order valence-corrected chi connectivity index (χ0v) is 14.8. The lowest BCUT2D eigenvalue weighted by Gasteiger charge is -2.08. The van der Waals surface area contributed by atoms with Gasteiger partial charge in [-0.3, -0.25) is 9.38 Å². The second kappa shape index (κ2) is 4.87. The maximum absolute atomic E-state index is 6.36. The molecule has 0 radical (unpaired) electrons. The molecule has 0 amide bonds. The number of benzene rings is 3. The average molecular weight is 359 g/mol. The highest BCUT2D eigenvalue weighted by molar-refractivity contribution is 6.21. The summed E-state index contributed by atoms with van der Waals surface area (Å²) in [4.78, 5) is 9.63. The van der Waals surface area contributed by atoms with E-state index in [0.717, 1.165) is 60.4 Å². The van der Waals surface area contributed by atoms with Crippen LogP contribution in [0.15, 0.2) is 83.4 Å². The average Bonchev–Trinajstić information content (AvgIpc) is 3.32. The number of hydrogen-bond donors (Lipinski definition) is 0. The maximum atomic E-state index is 6.36. The summed E-state index contributed by atoms with van der Waals surface area (Å²) in [7, 11) is 0. The Balaban J connectivity index is 1.91. The van der Waals surface area contributed by atoms with E-state index >= 15 is 0 Å². The Morgan fingerprint density at radius 3 is 2.54 bits per heavy atom. The molecule has 4 heteroatoms. The topological polar surface area (TPSA) is 43.3 Å². The highest BCUT2D eigenvalue weighted by Gasteiger charge is 2.18. The van der Waals surface area contributed by atoms with E-state index in [1.165, 1.54) is 0 Å². The molecular weight excluding hydrogens is 346 g/mol. The van der Waals surface area contributed by atoms with Crippen LogP contribution in [0.3, 0.4) is 0 Å². The fourth-order valence-corrected chi connectivity index (χ4v) is 4.42. The Morgan fingerprint density at radius 2 is 1.54 bits per heavy atom. The minimum absolute atomic E-state index is 0.874. The molecule has 7 aromatic rings. The van der Waals surface area contributed by atoms with Crippen molar-refractivity contribution in [2.45, 2.75) is 0 Å². The zero-order valence-electron chi connectivity index (χ0n) is 14.8. The molecule has 0 aliphatic heterocycles. The Bertz CT molecular complexity index is 1720. The lowest BCUT2D eigenvalue weighted by atomic mass is 10.1. The van der Waals surface area contributed by atoms with Crippen molar-refractivity contribution >= 4 is 60.4 Å². The normalized spacial score (nSPS) is 12.3. The Labute approximate surface area is 158 Å². The molecule has 0 atom stereocenters. The number of nitrogens with zero attached hydrogens (tertiary/aromatic N) is 3. The molecule has 0 bridgehead atoms. The predicted octanol–water partition coefficient (Wildman–Crippen LogP) is 6.09. The first-order valence-corrected chi connectivity index (χ1v) is 9.28. The predicted molar refractivity (Wildman–Crippen MR) is 113 cm³/mol. The van der Waals surface area contributed by atoms with Crippen molar-refractivity contribution in [3.8, 4) is 0 Å². The van der Waals surface area contributed by atoms with Gasteiger partial charge in [0.15, 0.2) is 5.58 Å². The molecule has 0 N–H and O–H groups in total. The molecule has 0 unspecified atom stereocenters. The number of para-hydroxylation sites is 3. The summed E-state index contributed by atoms with van der Waals surface area (Å²) in [5.41, 5.74) is 6.67. The van der Waals surface area contributed by atoms with E-state index in [1.54, 1.807) is 0 Å². The molecule has 28 heavy (non-hydrogen) atoms. The number of hydrogen-bond acceptors (Lipinski definition) is 3. The molecule has 4 heterocycles. The third-order valence-corrected chi connectivity index (χ3v) is 5.61. The van der Waals surface area contributed by atoms with Crippen LogP contribution in [0.1, 0.15) is 0 Å². The van der Waals surface area contributed by atoms with Gasteiger partial charge in [-0.15, -0.1) is 0 Å². The van der Waals surface area contributed by atoms with Gasteiger partial charge in [0, 0.05) is 27.7 Å². The minimum atomic E-state index is 0.874. The van der Waals surface area contributed by atoms with Crippen LogP contribution in [0.25, 0.3) is 60.4 Å². The number of furan rings is 1. The van der Waals surface area contributed by atoms with E-state index in [0.29, 0.717) is 0 Å². The Morgan fingerprint density at radius 1 is 0.714 bits per heavy atom. The van der Waals surface area contributed by atoms with Gasteiger partial charge in [-0.25, -0.2) is 4.98 Å². The second-order valence-electron chi connectivity index (χ2n) is 7.10. The maximum Gasteiger partial charge on any atom is 0.160 e. The van der Waals surface area contributed by atoms with E-state index < -0.39 is 0 Å². The van der Waals surface area contributed by atoms with Gasteiger partial charge < -0.3 is 4.42 Å². The molecule has 130 valence electrons. The van der Waals surface area contributed by atoms with Crippen molar-refractivity contribution in [1.29, 1.82) is 0 Å². The van der Waals surface area contributed by atoms with Gasteiger partial charge in [0.05, 0.1) is 16.6 Å². The van der Waals surface area contributed by atoms with Gasteiger partial charge in [-0.1, -0.05) is 30.3 Å². The van der Waals surface area contributed by atoms with Crippen LogP contribution in [0, 0.1) is 0 Å². The number of rotatable bonds is 0. The smallest absolute Gasteiger partial charge is 0.160 e. The van der Waals surface area contributed by atoms with Crippen LogP contribution >= 0.6 is 0 Å². The molecule has 4 aromatic heterocycles. The first-order chi connectivity index (χ1) is 13.9. The summed E-state index contributed by atoms with van der Waals surface area (Å²) in [6, 6.07) is 24.8. The molecule has 7 rings (SSSR count). The van der Waals surface area contributed by atoms with Crippen LogP contribution in [0.5, 0.6) is 0 Å². The van der Waals surface area contributed by atoms with Crippen LogP contribution in [0.4, 0.5) is 0 Å². The van der Waals surface area contributed by atoms with E-state index in [2.05, 4.69) is 46.9 Å². The highest BCUT2D eigenvalue weighted by atomic mass is 16.3. The monoisotopic (exact) mass is 359 g/mol. The number of aromatic nitrogens is 3. The molecule has 0 spiro atoms. The molecule has 3 aromatic carbocycles.